The lowest BCUT2D eigenvalue weighted by Crippen LogP contribution is -2.52. The zero-order valence-corrected chi connectivity index (χ0v) is 11.6. The first-order valence-electron chi connectivity index (χ1n) is 6.58. The molecule has 0 radical (unpaired) electrons. The van der Waals surface area contributed by atoms with Gasteiger partial charge in [-0.25, -0.2) is 4.79 Å². The fourth-order valence-electron chi connectivity index (χ4n) is 2.16. The fourth-order valence-corrected chi connectivity index (χ4v) is 2.16. The van der Waals surface area contributed by atoms with Gasteiger partial charge in [-0.1, -0.05) is 6.92 Å². The number of carboxylic acids is 1. The van der Waals surface area contributed by atoms with Gasteiger partial charge >= 0.3 is 5.97 Å². The Kier molecular flexibility index (Phi) is 4.04. The van der Waals surface area contributed by atoms with Crippen LogP contribution >= 0.6 is 0 Å². The molecule has 1 aliphatic heterocycles. The van der Waals surface area contributed by atoms with Crippen LogP contribution in [0, 0.1) is 0 Å². The number of morpholine rings is 1. The maximum Gasteiger partial charge on any atom is 0.335 e. The molecule has 1 aliphatic rings. The second-order valence-electron chi connectivity index (χ2n) is 5.11. The van der Waals surface area contributed by atoms with Gasteiger partial charge in [-0.3, -0.25) is 9.78 Å². The number of nitrogens with zero attached hydrogens (tertiary/aromatic N) is 2. The molecule has 20 heavy (non-hydrogen) atoms. The van der Waals surface area contributed by atoms with Crippen molar-refractivity contribution < 1.29 is 19.4 Å². The minimum absolute atomic E-state index is 0.0647. The zero-order valence-electron chi connectivity index (χ0n) is 11.6. The van der Waals surface area contributed by atoms with Crippen LogP contribution in [-0.2, 0) is 4.74 Å². The summed E-state index contributed by atoms with van der Waals surface area (Å²) in [6.45, 7) is 5.44. The van der Waals surface area contributed by atoms with E-state index in [4.69, 9.17) is 9.84 Å². The molecule has 6 nitrogen and oxygen atoms in total. The van der Waals surface area contributed by atoms with Crippen molar-refractivity contribution in [3.8, 4) is 0 Å². The Morgan fingerprint density at radius 1 is 1.55 bits per heavy atom. The van der Waals surface area contributed by atoms with E-state index in [1.165, 1.54) is 18.3 Å². The maximum absolute atomic E-state index is 12.4. The number of carbonyl (C=O) groups is 2. The lowest BCUT2D eigenvalue weighted by atomic mass is 10.0. The van der Waals surface area contributed by atoms with E-state index in [-0.39, 0.29) is 22.8 Å². The molecule has 1 fully saturated rings. The molecule has 1 aromatic heterocycles. The van der Waals surface area contributed by atoms with Gasteiger partial charge < -0.3 is 14.7 Å². The van der Waals surface area contributed by atoms with Crippen molar-refractivity contribution in [3.05, 3.63) is 29.6 Å². The van der Waals surface area contributed by atoms with Crippen LogP contribution in [0.4, 0.5) is 0 Å². The quantitative estimate of drug-likeness (QED) is 0.904. The topological polar surface area (TPSA) is 79.7 Å². The van der Waals surface area contributed by atoms with Gasteiger partial charge in [0.15, 0.2) is 0 Å². The van der Waals surface area contributed by atoms with Crippen LogP contribution < -0.4 is 0 Å². The van der Waals surface area contributed by atoms with E-state index in [1.807, 2.05) is 13.8 Å². The van der Waals surface area contributed by atoms with Crippen molar-refractivity contribution >= 4 is 11.9 Å². The van der Waals surface area contributed by atoms with Gasteiger partial charge in [0.1, 0.15) is 5.69 Å². The lowest BCUT2D eigenvalue weighted by molar-refractivity contribution is -0.0898. The van der Waals surface area contributed by atoms with Gasteiger partial charge in [-0.15, -0.1) is 0 Å². The Bertz CT molecular complexity index is 532. The summed E-state index contributed by atoms with van der Waals surface area (Å²) >= 11 is 0. The summed E-state index contributed by atoms with van der Waals surface area (Å²) in [6.07, 6.45) is 2.15. The highest BCUT2D eigenvalue weighted by Gasteiger charge is 2.33. The van der Waals surface area contributed by atoms with E-state index in [9.17, 15) is 9.59 Å². The van der Waals surface area contributed by atoms with Gasteiger partial charge in [0.05, 0.1) is 17.8 Å². The predicted molar refractivity (Wildman–Crippen MR) is 71.7 cm³/mol. The maximum atomic E-state index is 12.4. The van der Waals surface area contributed by atoms with Crippen molar-refractivity contribution in [1.82, 2.24) is 9.88 Å². The molecule has 1 saturated heterocycles. The van der Waals surface area contributed by atoms with E-state index in [0.717, 1.165) is 6.42 Å². The van der Waals surface area contributed by atoms with E-state index >= 15 is 0 Å². The van der Waals surface area contributed by atoms with E-state index in [1.54, 1.807) is 4.90 Å². The number of ether oxygens (including phenoxy) is 1. The normalized spacial score (nSPS) is 22.6. The standard InChI is InChI=1S/C14H18N2O4/c1-3-14(2)9-16(6-7-20-14)12(17)11-8-10(13(18)19)4-5-15-11/h4-5,8H,3,6-7,9H2,1-2H3,(H,18,19). The van der Waals surface area contributed by atoms with Crippen LogP contribution in [0.15, 0.2) is 18.3 Å². The summed E-state index contributed by atoms with van der Waals surface area (Å²) in [6, 6.07) is 2.68. The second kappa shape index (κ2) is 5.58. The monoisotopic (exact) mass is 278 g/mol. The third kappa shape index (κ3) is 2.96. The number of carbonyl (C=O) groups excluding carboxylic acids is 1. The summed E-state index contributed by atoms with van der Waals surface area (Å²) in [5.74, 6) is -1.32. The first kappa shape index (κ1) is 14.5. The van der Waals surface area contributed by atoms with Crippen molar-refractivity contribution in [2.45, 2.75) is 25.9 Å². The van der Waals surface area contributed by atoms with Crippen LogP contribution in [0.5, 0.6) is 0 Å². The van der Waals surface area contributed by atoms with Gasteiger partial charge in [0.2, 0.25) is 0 Å². The Labute approximate surface area is 117 Å². The molecule has 1 amide bonds. The van der Waals surface area contributed by atoms with Crippen LogP contribution in [0.1, 0.15) is 41.1 Å². The fraction of sp³-hybridized carbons (Fsp3) is 0.500. The third-order valence-electron chi connectivity index (χ3n) is 3.60. The van der Waals surface area contributed by atoms with Crippen molar-refractivity contribution in [3.63, 3.8) is 0 Å². The smallest absolute Gasteiger partial charge is 0.335 e. The highest BCUT2D eigenvalue weighted by atomic mass is 16.5. The minimum Gasteiger partial charge on any atom is -0.478 e. The molecular formula is C14H18N2O4. The number of hydrogen-bond donors (Lipinski definition) is 1. The summed E-state index contributed by atoms with van der Waals surface area (Å²) in [4.78, 5) is 29.0. The summed E-state index contributed by atoms with van der Waals surface area (Å²) in [7, 11) is 0. The number of aromatic carboxylic acids is 1. The molecule has 1 aromatic rings. The number of amides is 1. The zero-order chi connectivity index (χ0) is 14.8. The molecule has 2 rings (SSSR count). The van der Waals surface area contributed by atoms with Crippen LogP contribution in [0.3, 0.4) is 0 Å². The molecule has 0 bridgehead atoms. The minimum atomic E-state index is -1.07. The van der Waals surface area contributed by atoms with Crippen molar-refractivity contribution in [2.75, 3.05) is 19.7 Å². The van der Waals surface area contributed by atoms with Crippen LogP contribution in [0.25, 0.3) is 0 Å². The molecule has 0 spiro atoms. The Morgan fingerprint density at radius 2 is 2.30 bits per heavy atom. The number of hydrogen-bond acceptors (Lipinski definition) is 4. The number of carboxylic acid groups (broad SMARTS) is 1. The van der Waals surface area contributed by atoms with Crippen LogP contribution in [-0.4, -0.2) is 52.2 Å². The molecule has 1 unspecified atom stereocenters. The molecule has 2 heterocycles. The van der Waals surface area contributed by atoms with E-state index < -0.39 is 5.97 Å². The van der Waals surface area contributed by atoms with Gasteiger partial charge in [0.25, 0.3) is 5.91 Å². The number of pyridine rings is 1. The van der Waals surface area contributed by atoms with Crippen molar-refractivity contribution in [1.29, 1.82) is 0 Å². The third-order valence-corrected chi connectivity index (χ3v) is 3.60. The highest BCUT2D eigenvalue weighted by molar-refractivity contribution is 5.95. The van der Waals surface area contributed by atoms with E-state index in [0.29, 0.717) is 19.7 Å². The summed E-state index contributed by atoms with van der Waals surface area (Å²) < 4.78 is 5.68. The van der Waals surface area contributed by atoms with E-state index in [2.05, 4.69) is 4.98 Å². The Balaban J connectivity index is 2.19. The predicted octanol–water partition coefficient (Wildman–Crippen LogP) is 1.42. The summed E-state index contributed by atoms with van der Waals surface area (Å²) in [5.41, 5.74) is -0.127. The molecule has 1 N–H and O–H groups in total. The molecule has 0 aliphatic carbocycles. The first-order chi connectivity index (χ1) is 9.45. The lowest BCUT2D eigenvalue weighted by Gasteiger charge is -2.39. The molecular weight excluding hydrogens is 260 g/mol. The SMILES string of the molecule is CCC1(C)CN(C(=O)c2cc(C(=O)O)ccn2)CCO1. The second-order valence-corrected chi connectivity index (χ2v) is 5.11. The van der Waals surface area contributed by atoms with Gasteiger partial charge in [-0.05, 0) is 25.5 Å². The molecule has 1 atom stereocenters. The molecule has 0 aromatic carbocycles. The largest absolute Gasteiger partial charge is 0.478 e. The molecule has 108 valence electrons. The van der Waals surface area contributed by atoms with Crippen molar-refractivity contribution in [2.24, 2.45) is 0 Å². The van der Waals surface area contributed by atoms with Gasteiger partial charge in [-0.2, -0.15) is 0 Å². The van der Waals surface area contributed by atoms with Gasteiger partial charge in [0, 0.05) is 19.3 Å². The van der Waals surface area contributed by atoms with Crippen LogP contribution in [0.2, 0.25) is 0 Å². The summed E-state index contributed by atoms with van der Waals surface area (Å²) in [5, 5.41) is 8.95. The number of rotatable bonds is 3. The number of aromatic nitrogens is 1. The molecule has 6 heteroatoms. The molecule has 0 saturated carbocycles. The highest BCUT2D eigenvalue weighted by Crippen LogP contribution is 2.22. The Hall–Kier alpha value is -1.95. The first-order valence-corrected chi connectivity index (χ1v) is 6.58. The average molecular weight is 278 g/mol. The Morgan fingerprint density at radius 3 is 2.95 bits per heavy atom. The average Bonchev–Trinajstić information content (AvgIpc) is 2.46.